The van der Waals surface area contributed by atoms with E-state index in [4.69, 9.17) is 20.3 Å². The standard InChI is InChI=1S/C13H19NO5/c14-10-11(16)9(6-15)19-13(12(10)17)18-7-8-4-2-1-3-5-8/h1-5,9-13,15-17H,6-7,14H2/t9-,10+,11-,12+,13+/m1/s1. The van der Waals surface area contributed by atoms with Gasteiger partial charge in [-0.15, -0.1) is 0 Å². The Morgan fingerprint density at radius 2 is 1.84 bits per heavy atom. The number of ether oxygens (including phenoxy) is 2. The molecule has 19 heavy (non-hydrogen) atoms. The second kappa shape index (κ2) is 6.42. The van der Waals surface area contributed by atoms with Crippen LogP contribution in [-0.4, -0.2) is 52.6 Å². The van der Waals surface area contributed by atoms with Crippen LogP contribution in [0.4, 0.5) is 0 Å². The number of aliphatic hydroxyl groups is 3. The van der Waals surface area contributed by atoms with Crippen LogP contribution in [0.5, 0.6) is 0 Å². The molecule has 1 aromatic carbocycles. The van der Waals surface area contributed by atoms with Crippen molar-refractivity contribution >= 4 is 0 Å². The number of rotatable bonds is 4. The van der Waals surface area contributed by atoms with Crippen LogP contribution in [0, 0.1) is 0 Å². The summed E-state index contributed by atoms with van der Waals surface area (Å²) < 4.78 is 10.8. The molecule has 0 amide bonds. The van der Waals surface area contributed by atoms with E-state index in [0.29, 0.717) is 0 Å². The molecule has 0 saturated carbocycles. The molecule has 1 aromatic rings. The zero-order valence-corrected chi connectivity index (χ0v) is 10.4. The number of nitrogens with two attached hydrogens (primary N) is 1. The van der Waals surface area contributed by atoms with Gasteiger partial charge in [0.15, 0.2) is 6.29 Å². The molecule has 0 aliphatic carbocycles. The molecule has 1 aliphatic rings. The first-order valence-electron chi connectivity index (χ1n) is 6.17. The zero-order valence-electron chi connectivity index (χ0n) is 10.4. The van der Waals surface area contributed by atoms with Crippen LogP contribution < -0.4 is 5.73 Å². The number of aliphatic hydroxyl groups excluding tert-OH is 3. The third-order valence-corrected chi connectivity index (χ3v) is 3.19. The summed E-state index contributed by atoms with van der Waals surface area (Å²) in [7, 11) is 0. The maximum atomic E-state index is 9.88. The summed E-state index contributed by atoms with van der Waals surface area (Å²) in [5.41, 5.74) is 6.61. The Morgan fingerprint density at radius 3 is 2.47 bits per heavy atom. The monoisotopic (exact) mass is 269 g/mol. The van der Waals surface area contributed by atoms with E-state index in [1.54, 1.807) is 0 Å². The minimum absolute atomic E-state index is 0.254. The van der Waals surface area contributed by atoms with Crippen LogP contribution in [0.15, 0.2) is 30.3 Å². The molecule has 0 unspecified atom stereocenters. The Bertz CT molecular complexity index is 386. The van der Waals surface area contributed by atoms with E-state index < -0.39 is 30.6 Å². The van der Waals surface area contributed by atoms with E-state index >= 15 is 0 Å². The molecular formula is C13H19NO5. The largest absolute Gasteiger partial charge is 0.394 e. The molecule has 106 valence electrons. The van der Waals surface area contributed by atoms with E-state index in [1.807, 2.05) is 30.3 Å². The van der Waals surface area contributed by atoms with Gasteiger partial charge in [-0.05, 0) is 5.56 Å². The lowest BCUT2D eigenvalue weighted by atomic mass is 9.97. The van der Waals surface area contributed by atoms with Crippen molar-refractivity contribution in [3.63, 3.8) is 0 Å². The molecule has 0 bridgehead atoms. The van der Waals surface area contributed by atoms with Crippen molar-refractivity contribution in [3.05, 3.63) is 35.9 Å². The molecule has 5 atom stereocenters. The smallest absolute Gasteiger partial charge is 0.186 e. The highest BCUT2D eigenvalue weighted by molar-refractivity contribution is 5.13. The summed E-state index contributed by atoms with van der Waals surface area (Å²) in [5.74, 6) is 0. The van der Waals surface area contributed by atoms with Gasteiger partial charge in [-0.3, -0.25) is 0 Å². The minimum atomic E-state index is -1.14. The normalized spacial score (nSPS) is 35.3. The second-order valence-corrected chi connectivity index (χ2v) is 4.58. The Kier molecular flexibility index (Phi) is 4.87. The summed E-state index contributed by atoms with van der Waals surface area (Å²) in [6.07, 6.45) is -4.06. The zero-order chi connectivity index (χ0) is 13.8. The molecule has 1 saturated heterocycles. The van der Waals surface area contributed by atoms with Gasteiger partial charge in [0, 0.05) is 0 Å². The quantitative estimate of drug-likeness (QED) is 0.557. The van der Waals surface area contributed by atoms with E-state index in [2.05, 4.69) is 0 Å². The molecule has 5 N–H and O–H groups in total. The summed E-state index contributed by atoms with van der Waals surface area (Å²) >= 11 is 0. The van der Waals surface area contributed by atoms with Crippen molar-refractivity contribution in [1.82, 2.24) is 0 Å². The maximum Gasteiger partial charge on any atom is 0.186 e. The third-order valence-electron chi connectivity index (χ3n) is 3.19. The van der Waals surface area contributed by atoms with Gasteiger partial charge in [-0.1, -0.05) is 30.3 Å². The topological polar surface area (TPSA) is 105 Å². The Labute approximate surface area is 111 Å². The fraction of sp³-hybridized carbons (Fsp3) is 0.538. The van der Waals surface area contributed by atoms with Gasteiger partial charge in [0.2, 0.25) is 0 Å². The van der Waals surface area contributed by atoms with Crippen LogP contribution in [0.2, 0.25) is 0 Å². The molecule has 0 aromatic heterocycles. The van der Waals surface area contributed by atoms with Crippen molar-refractivity contribution in [2.45, 2.75) is 37.3 Å². The third kappa shape index (κ3) is 3.30. The van der Waals surface area contributed by atoms with Gasteiger partial charge < -0.3 is 30.5 Å². The summed E-state index contributed by atoms with van der Waals surface area (Å²) in [4.78, 5) is 0. The first kappa shape index (κ1) is 14.4. The van der Waals surface area contributed by atoms with Crippen molar-refractivity contribution in [1.29, 1.82) is 0 Å². The van der Waals surface area contributed by atoms with Gasteiger partial charge in [-0.25, -0.2) is 0 Å². The van der Waals surface area contributed by atoms with E-state index in [-0.39, 0.29) is 13.2 Å². The van der Waals surface area contributed by atoms with Gasteiger partial charge in [0.1, 0.15) is 18.3 Å². The molecule has 0 radical (unpaired) electrons. The molecule has 1 fully saturated rings. The SMILES string of the molecule is N[C@@H]1[C@H](O)[C@@H](OCc2ccccc2)O[C@H](CO)[C@H]1O. The highest BCUT2D eigenvalue weighted by Crippen LogP contribution is 2.21. The van der Waals surface area contributed by atoms with Crippen LogP contribution in [-0.2, 0) is 16.1 Å². The summed E-state index contributed by atoms with van der Waals surface area (Å²) in [6.45, 7) is -0.129. The molecule has 6 nitrogen and oxygen atoms in total. The van der Waals surface area contributed by atoms with Gasteiger partial charge in [-0.2, -0.15) is 0 Å². The van der Waals surface area contributed by atoms with Crippen LogP contribution >= 0.6 is 0 Å². The van der Waals surface area contributed by atoms with Crippen molar-refractivity contribution in [2.24, 2.45) is 5.73 Å². The maximum absolute atomic E-state index is 9.88. The van der Waals surface area contributed by atoms with E-state index in [1.165, 1.54) is 0 Å². The van der Waals surface area contributed by atoms with Crippen LogP contribution in [0.1, 0.15) is 5.56 Å². The first-order chi connectivity index (χ1) is 9.13. The predicted octanol–water partition coefficient (Wildman–Crippen LogP) is -1.03. The first-order valence-corrected chi connectivity index (χ1v) is 6.17. The molecule has 2 rings (SSSR count). The number of hydrogen-bond acceptors (Lipinski definition) is 6. The molecule has 1 heterocycles. The number of benzene rings is 1. The lowest BCUT2D eigenvalue weighted by Crippen LogP contribution is -2.62. The van der Waals surface area contributed by atoms with Crippen molar-refractivity contribution in [3.8, 4) is 0 Å². The average Bonchev–Trinajstić information content (AvgIpc) is 2.45. The lowest BCUT2D eigenvalue weighted by Gasteiger charge is -2.40. The molecule has 0 spiro atoms. The van der Waals surface area contributed by atoms with Crippen molar-refractivity contribution < 1.29 is 24.8 Å². The lowest BCUT2D eigenvalue weighted by molar-refractivity contribution is -0.279. The van der Waals surface area contributed by atoms with Gasteiger partial charge in [0.25, 0.3) is 0 Å². The average molecular weight is 269 g/mol. The highest BCUT2D eigenvalue weighted by Gasteiger charge is 2.42. The Balaban J connectivity index is 1.95. The summed E-state index contributed by atoms with van der Waals surface area (Å²) in [6, 6.07) is 8.50. The van der Waals surface area contributed by atoms with Crippen LogP contribution in [0.3, 0.4) is 0 Å². The fourth-order valence-electron chi connectivity index (χ4n) is 2.01. The molecule has 1 aliphatic heterocycles. The van der Waals surface area contributed by atoms with Gasteiger partial charge in [0.05, 0.1) is 19.3 Å². The highest BCUT2D eigenvalue weighted by atomic mass is 16.7. The van der Waals surface area contributed by atoms with Crippen LogP contribution in [0.25, 0.3) is 0 Å². The summed E-state index contributed by atoms with van der Waals surface area (Å²) in [5, 5.41) is 28.7. The molecule has 6 heteroatoms. The molecular weight excluding hydrogens is 250 g/mol. The predicted molar refractivity (Wildman–Crippen MR) is 67.0 cm³/mol. The fourth-order valence-corrected chi connectivity index (χ4v) is 2.01. The second-order valence-electron chi connectivity index (χ2n) is 4.58. The van der Waals surface area contributed by atoms with Crippen molar-refractivity contribution in [2.75, 3.05) is 6.61 Å². The van der Waals surface area contributed by atoms with E-state index in [9.17, 15) is 10.2 Å². The van der Waals surface area contributed by atoms with Gasteiger partial charge >= 0.3 is 0 Å². The Hall–Kier alpha value is -1.02. The number of hydrogen-bond donors (Lipinski definition) is 4. The minimum Gasteiger partial charge on any atom is -0.394 e. The Morgan fingerprint density at radius 1 is 1.16 bits per heavy atom. The van der Waals surface area contributed by atoms with E-state index in [0.717, 1.165) is 5.56 Å².